The molecule has 6 nitrogen and oxygen atoms in total. The number of halogens is 1. The van der Waals surface area contributed by atoms with Crippen molar-refractivity contribution in [1.29, 1.82) is 0 Å². The van der Waals surface area contributed by atoms with Crippen molar-refractivity contribution in [3.05, 3.63) is 39.4 Å². The summed E-state index contributed by atoms with van der Waals surface area (Å²) in [6, 6.07) is 3.00. The second-order valence-electron chi connectivity index (χ2n) is 5.26. The third-order valence-electron chi connectivity index (χ3n) is 3.12. The Morgan fingerprint density at radius 1 is 1.48 bits per heavy atom. The minimum atomic E-state index is -1.18. The van der Waals surface area contributed by atoms with Crippen molar-refractivity contribution >= 4 is 28.9 Å². The van der Waals surface area contributed by atoms with Crippen LogP contribution in [0.4, 0.5) is 5.69 Å². The van der Waals surface area contributed by atoms with Gasteiger partial charge in [0.25, 0.3) is 5.56 Å². The molecular weight excluding hydrogens is 294 g/mol. The van der Waals surface area contributed by atoms with Crippen LogP contribution in [0.15, 0.2) is 23.1 Å². The Labute approximate surface area is 126 Å². The molecular formula is C14H16ClN3O3. The number of hydrogen-bond donors (Lipinski definition) is 2. The van der Waals surface area contributed by atoms with E-state index < -0.39 is 11.5 Å². The SMILES string of the molecule is CCc1cc(=O)n2cc(NC(C)(C)C(=O)O)cc(Cl)c2n1. The Morgan fingerprint density at radius 3 is 2.71 bits per heavy atom. The topological polar surface area (TPSA) is 83.7 Å². The van der Waals surface area contributed by atoms with Gasteiger partial charge in [0.15, 0.2) is 5.65 Å². The van der Waals surface area contributed by atoms with Crippen LogP contribution in [0.2, 0.25) is 5.02 Å². The summed E-state index contributed by atoms with van der Waals surface area (Å²) < 4.78 is 1.31. The fourth-order valence-corrected chi connectivity index (χ4v) is 2.12. The predicted molar refractivity (Wildman–Crippen MR) is 81.2 cm³/mol. The average molecular weight is 310 g/mol. The highest BCUT2D eigenvalue weighted by Gasteiger charge is 2.27. The van der Waals surface area contributed by atoms with E-state index in [0.717, 1.165) is 0 Å². The first kappa shape index (κ1) is 15.3. The van der Waals surface area contributed by atoms with E-state index in [0.29, 0.717) is 23.4 Å². The average Bonchev–Trinajstić information content (AvgIpc) is 2.39. The number of anilines is 1. The van der Waals surface area contributed by atoms with Crippen molar-refractivity contribution in [1.82, 2.24) is 9.38 Å². The number of nitrogens with one attached hydrogen (secondary N) is 1. The molecule has 2 heterocycles. The second kappa shape index (κ2) is 5.37. The normalized spacial score (nSPS) is 11.6. The van der Waals surface area contributed by atoms with Gasteiger partial charge < -0.3 is 10.4 Å². The quantitative estimate of drug-likeness (QED) is 0.904. The van der Waals surface area contributed by atoms with E-state index in [9.17, 15) is 9.59 Å². The molecule has 112 valence electrons. The lowest BCUT2D eigenvalue weighted by molar-refractivity contribution is -0.141. The Balaban J connectivity index is 2.58. The Hall–Kier alpha value is -2.08. The van der Waals surface area contributed by atoms with Crippen molar-refractivity contribution < 1.29 is 9.90 Å². The standard InChI is InChI=1S/C14H16ClN3O3/c1-4-8-6-11(19)18-7-9(5-10(15)12(18)16-8)17-14(2,3)13(20)21/h5-7,17H,4H2,1-3H3,(H,20,21). The van der Waals surface area contributed by atoms with Crippen molar-refractivity contribution in [3.8, 4) is 0 Å². The van der Waals surface area contributed by atoms with Gasteiger partial charge in [0.2, 0.25) is 0 Å². The number of aliphatic carboxylic acids is 1. The highest BCUT2D eigenvalue weighted by atomic mass is 35.5. The zero-order valence-electron chi connectivity index (χ0n) is 12.0. The van der Waals surface area contributed by atoms with Gasteiger partial charge in [-0.2, -0.15) is 0 Å². The second-order valence-corrected chi connectivity index (χ2v) is 5.67. The number of hydrogen-bond acceptors (Lipinski definition) is 4. The summed E-state index contributed by atoms with van der Waals surface area (Å²) in [7, 11) is 0. The number of fused-ring (bicyclic) bond motifs is 1. The smallest absolute Gasteiger partial charge is 0.328 e. The molecule has 21 heavy (non-hydrogen) atoms. The van der Waals surface area contributed by atoms with Gasteiger partial charge in [0, 0.05) is 18.0 Å². The summed E-state index contributed by atoms with van der Waals surface area (Å²) in [6.07, 6.45) is 2.13. The molecule has 0 bridgehead atoms. The minimum Gasteiger partial charge on any atom is -0.480 e. The first-order chi connectivity index (χ1) is 9.74. The molecule has 0 radical (unpaired) electrons. The lowest BCUT2D eigenvalue weighted by atomic mass is 10.1. The van der Waals surface area contributed by atoms with Crippen LogP contribution >= 0.6 is 11.6 Å². The summed E-state index contributed by atoms with van der Waals surface area (Å²) in [5, 5.41) is 12.3. The molecule has 0 amide bonds. The van der Waals surface area contributed by atoms with Crippen LogP contribution in [-0.4, -0.2) is 26.0 Å². The van der Waals surface area contributed by atoms with Crippen molar-refractivity contribution in [2.45, 2.75) is 32.7 Å². The van der Waals surface area contributed by atoms with E-state index in [1.54, 1.807) is 6.07 Å². The van der Waals surface area contributed by atoms with Crippen molar-refractivity contribution in [3.63, 3.8) is 0 Å². The minimum absolute atomic E-state index is 0.254. The lowest BCUT2D eigenvalue weighted by Gasteiger charge is -2.22. The summed E-state index contributed by atoms with van der Waals surface area (Å²) in [5.74, 6) is -1.01. The van der Waals surface area contributed by atoms with Crippen LogP contribution in [0, 0.1) is 0 Å². The van der Waals surface area contributed by atoms with E-state index in [1.807, 2.05) is 6.92 Å². The van der Waals surface area contributed by atoms with E-state index >= 15 is 0 Å². The van der Waals surface area contributed by atoms with Crippen LogP contribution in [0.5, 0.6) is 0 Å². The third kappa shape index (κ3) is 3.00. The van der Waals surface area contributed by atoms with Gasteiger partial charge in [-0.15, -0.1) is 0 Å². The molecule has 0 aliphatic rings. The van der Waals surface area contributed by atoms with E-state index in [1.165, 1.54) is 30.5 Å². The molecule has 0 aromatic carbocycles. The fraction of sp³-hybridized carbons (Fsp3) is 0.357. The van der Waals surface area contributed by atoms with Gasteiger partial charge >= 0.3 is 5.97 Å². The van der Waals surface area contributed by atoms with Gasteiger partial charge in [0.05, 0.1) is 10.7 Å². The molecule has 0 unspecified atom stereocenters. The number of aromatic nitrogens is 2. The molecule has 0 aliphatic heterocycles. The van der Waals surface area contributed by atoms with Crippen LogP contribution in [0.3, 0.4) is 0 Å². The molecule has 0 fully saturated rings. The molecule has 0 aliphatic carbocycles. The monoisotopic (exact) mass is 309 g/mol. The molecule has 0 saturated heterocycles. The van der Waals surface area contributed by atoms with Crippen LogP contribution in [0.1, 0.15) is 26.5 Å². The lowest BCUT2D eigenvalue weighted by Crippen LogP contribution is -2.40. The number of nitrogens with zero attached hydrogens (tertiary/aromatic N) is 2. The predicted octanol–water partition coefficient (Wildman–Crippen LogP) is 2.19. The largest absolute Gasteiger partial charge is 0.480 e. The number of pyridine rings is 1. The number of carboxylic acids is 1. The first-order valence-electron chi connectivity index (χ1n) is 6.48. The van der Waals surface area contributed by atoms with Gasteiger partial charge in [-0.05, 0) is 26.3 Å². The highest BCUT2D eigenvalue weighted by molar-refractivity contribution is 6.33. The van der Waals surface area contributed by atoms with Crippen molar-refractivity contribution in [2.24, 2.45) is 0 Å². The van der Waals surface area contributed by atoms with Gasteiger partial charge in [0.1, 0.15) is 5.54 Å². The molecule has 7 heteroatoms. The van der Waals surface area contributed by atoms with Gasteiger partial charge in [-0.1, -0.05) is 18.5 Å². The zero-order chi connectivity index (χ0) is 15.8. The van der Waals surface area contributed by atoms with Crippen LogP contribution in [-0.2, 0) is 11.2 Å². The maximum absolute atomic E-state index is 12.1. The molecule has 0 atom stereocenters. The highest BCUT2D eigenvalue weighted by Crippen LogP contribution is 2.22. The van der Waals surface area contributed by atoms with E-state index in [4.69, 9.17) is 16.7 Å². The molecule has 2 aromatic rings. The summed E-state index contributed by atoms with van der Waals surface area (Å²) in [6.45, 7) is 4.95. The third-order valence-corrected chi connectivity index (χ3v) is 3.40. The molecule has 0 spiro atoms. The summed E-state index contributed by atoms with van der Waals surface area (Å²) in [4.78, 5) is 27.5. The zero-order valence-corrected chi connectivity index (χ0v) is 12.7. The summed E-state index contributed by atoms with van der Waals surface area (Å²) >= 11 is 6.16. The Bertz CT molecular complexity index is 768. The van der Waals surface area contributed by atoms with E-state index in [2.05, 4.69) is 10.3 Å². The Morgan fingerprint density at radius 2 is 2.14 bits per heavy atom. The molecule has 0 saturated carbocycles. The van der Waals surface area contributed by atoms with Crippen molar-refractivity contribution in [2.75, 3.05) is 5.32 Å². The molecule has 2 aromatic heterocycles. The number of rotatable bonds is 4. The number of carbonyl (C=O) groups is 1. The van der Waals surface area contributed by atoms with Crippen LogP contribution in [0.25, 0.3) is 5.65 Å². The fourth-order valence-electron chi connectivity index (χ4n) is 1.87. The maximum atomic E-state index is 12.1. The van der Waals surface area contributed by atoms with Gasteiger partial charge in [-0.25, -0.2) is 9.78 Å². The maximum Gasteiger partial charge on any atom is 0.328 e. The molecule has 2 rings (SSSR count). The number of aryl methyl sites for hydroxylation is 1. The first-order valence-corrected chi connectivity index (χ1v) is 6.86. The Kier molecular flexibility index (Phi) is 3.91. The number of carboxylic acid groups (broad SMARTS) is 1. The van der Waals surface area contributed by atoms with Gasteiger partial charge in [-0.3, -0.25) is 9.20 Å². The van der Waals surface area contributed by atoms with Crippen LogP contribution < -0.4 is 10.9 Å². The van der Waals surface area contributed by atoms with E-state index in [-0.39, 0.29) is 10.6 Å². The molecule has 2 N–H and O–H groups in total. The summed E-state index contributed by atoms with van der Waals surface area (Å²) in [5.41, 5.74) is 0.0222.